The number of nitrogens with one attached hydrogen (secondary N) is 1. The van der Waals surface area contributed by atoms with E-state index in [4.69, 9.17) is 4.74 Å². The fourth-order valence-electron chi connectivity index (χ4n) is 3.07. The van der Waals surface area contributed by atoms with Crippen LogP contribution in [0.2, 0.25) is 0 Å². The van der Waals surface area contributed by atoms with E-state index >= 15 is 0 Å². The molecule has 27 heavy (non-hydrogen) atoms. The van der Waals surface area contributed by atoms with E-state index in [1.807, 2.05) is 75.4 Å². The maximum absolute atomic E-state index is 12.4. The van der Waals surface area contributed by atoms with Crippen LogP contribution in [0.5, 0.6) is 5.75 Å². The normalized spacial score (nSPS) is 17.1. The van der Waals surface area contributed by atoms with Gasteiger partial charge in [-0.1, -0.05) is 30.3 Å². The molecule has 142 valence electrons. The summed E-state index contributed by atoms with van der Waals surface area (Å²) in [6.07, 6.45) is 0.244. The average molecular weight is 366 g/mol. The minimum Gasteiger partial charge on any atom is -0.489 e. The van der Waals surface area contributed by atoms with Crippen molar-refractivity contribution in [3.8, 4) is 5.75 Å². The number of benzene rings is 2. The maximum Gasteiger partial charge on any atom is 0.227 e. The summed E-state index contributed by atoms with van der Waals surface area (Å²) in [6, 6.07) is 17.4. The Balaban J connectivity index is 1.60. The number of amides is 2. The van der Waals surface area contributed by atoms with E-state index in [9.17, 15) is 9.59 Å². The lowest BCUT2D eigenvalue weighted by atomic mass is 10.0. The summed E-state index contributed by atoms with van der Waals surface area (Å²) >= 11 is 0. The molecule has 1 aliphatic heterocycles. The molecule has 0 spiro atoms. The van der Waals surface area contributed by atoms with Gasteiger partial charge in [-0.2, -0.15) is 0 Å². The largest absolute Gasteiger partial charge is 0.489 e. The van der Waals surface area contributed by atoms with Crippen LogP contribution in [-0.4, -0.2) is 23.9 Å². The SMILES string of the molecule is CC(C)(C)NC(=O)C1CC(=O)N(c2ccc(OCc3ccccc3)cc2)C1. The molecule has 1 fully saturated rings. The second-order valence-electron chi connectivity index (χ2n) is 7.91. The van der Waals surface area contributed by atoms with E-state index in [1.165, 1.54) is 0 Å². The molecule has 3 rings (SSSR count). The van der Waals surface area contributed by atoms with Crippen molar-refractivity contribution in [3.05, 3.63) is 60.2 Å². The third kappa shape index (κ3) is 5.09. The Bertz CT molecular complexity index is 795. The van der Waals surface area contributed by atoms with Crippen molar-refractivity contribution in [1.29, 1.82) is 0 Å². The Morgan fingerprint density at radius 3 is 2.41 bits per heavy atom. The highest BCUT2D eigenvalue weighted by molar-refractivity contribution is 6.00. The van der Waals surface area contributed by atoms with Gasteiger partial charge in [0.1, 0.15) is 12.4 Å². The second-order valence-corrected chi connectivity index (χ2v) is 7.91. The lowest BCUT2D eigenvalue weighted by Crippen LogP contribution is -2.44. The Hall–Kier alpha value is -2.82. The van der Waals surface area contributed by atoms with Gasteiger partial charge in [0.2, 0.25) is 11.8 Å². The molecular weight excluding hydrogens is 340 g/mol. The van der Waals surface area contributed by atoms with E-state index in [-0.39, 0.29) is 29.7 Å². The van der Waals surface area contributed by atoms with Gasteiger partial charge in [-0.25, -0.2) is 0 Å². The predicted octanol–water partition coefficient (Wildman–Crippen LogP) is 3.53. The van der Waals surface area contributed by atoms with Crippen molar-refractivity contribution in [3.63, 3.8) is 0 Å². The minimum atomic E-state index is -0.314. The number of rotatable bonds is 5. The number of carbonyl (C=O) groups is 2. The molecule has 1 saturated heterocycles. The van der Waals surface area contributed by atoms with Crippen molar-refractivity contribution >= 4 is 17.5 Å². The molecule has 1 atom stereocenters. The van der Waals surface area contributed by atoms with Crippen LogP contribution in [0.4, 0.5) is 5.69 Å². The number of hydrogen-bond acceptors (Lipinski definition) is 3. The number of nitrogens with zero attached hydrogens (tertiary/aromatic N) is 1. The van der Waals surface area contributed by atoms with Gasteiger partial charge in [-0.15, -0.1) is 0 Å². The standard InChI is InChI=1S/C22H26N2O3/c1-22(2,3)23-21(26)17-13-20(25)24(14-17)18-9-11-19(12-10-18)27-15-16-7-5-4-6-8-16/h4-12,17H,13-15H2,1-3H3,(H,23,26). The van der Waals surface area contributed by atoms with Crippen molar-refractivity contribution in [1.82, 2.24) is 5.32 Å². The van der Waals surface area contributed by atoms with Crippen LogP contribution in [-0.2, 0) is 16.2 Å². The number of ether oxygens (including phenoxy) is 1. The molecule has 2 aromatic rings. The Morgan fingerprint density at radius 1 is 1.11 bits per heavy atom. The highest BCUT2D eigenvalue weighted by Crippen LogP contribution is 2.27. The summed E-state index contributed by atoms with van der Waals surface area (Å²) in [5, 5.41) is 2.96. The zero-order valence-corrected chi connectivity index (χ0v) is 16.1. The van der Waals surface area contributed by atoms with Crippen LogP contribution in [0.25, 0.3) is 0 Å². The molecule has 2 aromatic carbocycles. The number of hydrogen-bond donors (Lipinski definition) is 1. The molecule has 0 radical (unpaired) electrons. The highest BCUT2D eigenvalue weighted by atomic mass is 16.5. The van der Waals surface area contributed by atoms with Crippen LogP contribution in [0.1, 0.15) is 32.8 Å². The zero-order chi connectivity index (χ0) is 19.4. The predicted molar refractivity (Wildman–Crippen MR) is 106 cm³/mol. The van der Waals surface area contributed by atoms with Crippen LogP contribution < -0.4 is 15.0 Å². The topological polar surface area (TPSA) is 58.6 Å². The van der Waals surface area contributed by atoms with Gasteiger partial charge in [-0.05, 0) is 50.6 Å². The van der Waals surface area contributed by atoms with E-state index < -0.39 is 0 Å². The third-order valence-corrected chi connectivity index (χ3v) is 4.39. The van der Waals surface area contributed by atoms with Gasteiger partial charge < -0.3 is 15.0 Å². The molecule has 1 aliphatic rings. The number of anilines is 1. The van der Waals surface area contributed by atoms with Crippen LogP contribution in [0, 0.1) is 5.92 Å². The minimum absolute atomic E-state index is 0.0259. The summed E-state index contributed by atoms with van der Waals surface area (Å²) in [4.78, 5) is 26.4. The molecule has 0 aromatic heterocycles. The van der Waals surface area contributed by atoms with Gasteiger partial charge >= 0.3 is 0 Å². The number of carbonyl (C=O) groups excluding carboxylic acids is 2. The first-order chi connectivity index (χ1) is 12.8. The molecule has 1 heterocycles. The summed E-state index contributed by atoms with van der Waals surface area (Å²) in [6.45, 7) is 6.72. The quantitative estimate of drug-likeness (QED) is 0.881. The lowest BCUT2D eigenvalue weighted by molar-refractivity contribution is -0.127. The summed E-state index contributed by atoms with van der Waals surface area (Å²) in [7, 11) is 0. The zero-order valence-electron chi connectivity index (χ0n) is 16.1. The molecule has 2 amide bonds. The van der Waals surface area contributed by atoms with Gasteiger partial charge in [0, 0.05) is 24.2 Å². The molecular formula is C22H26N2O3. The van der Waals surface area contributed by atoms with E-state index in [2.05, 4.69) is 5.32 Å². The summed E-state index contributed by atoms with van der Waals surface area (Å²) in [5.74, 6) is 0.338. The van der Waals surface area contributed by atoms with Gasteiger partial charge in [-0.3, -0.25) is 9.59 Å². The molecule has 0 aliphatic carbocycles. The highest BCUT2D eigenvalue weighted by Gasteiger charge is 2.36. The Kier molecular flexibility index (Phi) is 5.49. The summed E-state index contributed by atoms with van der Waals surface area (Å²) < 4.78 is 5.78. The van der Waals surface area contributed by atoms with Crippen molar-refractivity contribution in [2.45, 2.75) is 39.3 Å². The van der Waals surface area contributed by atoms with Gasteiger partial charge in [0.15, 0.2) is 0 Å². The van der Waals surface area contributed by atoms with Crippen molar-refractivity contribution in [2.24, 2.45) is 5.92 Å². The Labute approximate surface area is 160 Å². The molecule has 1 N–H and O–H groups in total. The summed E-state index contributed by atoms with van der Waals surface area (Å²) in [5.41, 5.74) is 1.59. The monoisotopic (exact) mass is 366 g/mol. The second kappa shape index (κ2) is 7.82. The fourth-order valence-corrected chi connectivity index (χ4v) is 3.07. The Morgan fingerprint density at radius 2 is 1.78 bits per heavy atom. The first-order valence-electron chi connectivity index (χ1n) is 9.21. The first-order valence-corrected chi connectivity index (χ1v) is 9.21. The first kappa shape index (κ1) is 19.0. The average Bonchev–Trinajstić information content (AvgIpc) is 3.02. The van der Waals surface area contributed by atoms with Crippen LogP contribution in [0.15, 0.2) is 54.6 Å². The maximum atomic E-state index is 12.4. The van der Waals surface area contributed by atoms with Gasteiger partial charge in [0.25, 0.3) is 0 Å². The molecule has 5 heteroatoms. The van der Waals surface area contributed by atoms with Gasteiger partial charge in [0.05, 0.1) is 5.92 Å². The van der Waals surface area contributed by atoms with Crippen LogP contribution >= 0.6 is 0 Å². The van der Waals surface area contributed by atoms with Crippen molar-refractivity contribution < 1.29 is 14.3 Å². The fraction of sp³-hybridized carbons (Fsp3) is 0.364. The lowest BCUT2D eigenvalue weighted by Gasteiger charge is -2.23. The van der Waals surface area contributed by atoms with E-state index in [1.54, 1.807) is 4.90 Å². The van der Waals surface area contributed by atoms with E-state index in [0.29, 0.717) is 13.2 Å². The molecule has 1 unspecified atom stereocenters. The third-order valence-electron chi connectivity index (χ3n) is 4.39. The van der Waals surface area contributed by atoms with Crippen LogP contribution in [0.3, 0.4) is 0 Å². The smallest absolute Gasteiger partial charge is 0.227 e. The molecule has 5 nitrogen and oxygen atoms in total. The molecule has 0 bridgehead atoms. The van der Waals surface area contributed by atoms with Crippen molar-refractivity contribution in [2.75, 3.05) is 11.4 Å². The molecule has 0 saturated carbocycles. The van der Waals surface area contributed by atoms with E-state index in [0.717, 1.165) is 17.0 Å².